The summed E-state index contributed by atoms with van der Waals surface area (Å²) < 4.78 is 0.938. The summed E-state index contributed by atoms with van der Waals surface area (Å²) in [5.41, 5.74) is 0. The first-order valence-electron chi connectivity index (χ1n) is 6.54. The molecule has 0 bridgehead atoms. The summed E-state index contributed by atoms with van der Waals surface area (Å²) in [7, 11) is 0. The van der Waals surface area contributed by atoms with E-state index in [1.165, 1.54) is 32.4 Å². The molecule has 1 unspecified atom stereocenters. The van der Waals surface area contributed by atoms with Gasteiger partial charge in [-0.05, 0) is 47.8 Å². The molecule has 0 saturated carbocycles. The molecule has 0 spiro atoms. The summed E-state index contributed by atoms with van der Waals surface area (Å²) in [6, 6.07) is 2.62. The molecule has 0 aromatic carbocycles. The number of aromatic nitrogens is 1. The summed E-state index contributed by atoms with van der Waals surface area (Å²) in [6.45, 7) is 4.60. The van der Waals surface area contributed by atoms with Gasteiger partial charge in [0.25, 0.3) is 0 Å². The first kappa shape index (κ1) is 12.7. The van der Waals surface area contributed by atoms with Gasteiger partial charge < -0.3 is 4.90 Å². The zero-order valence-corrected chi connectivity index (χ0v) is 12.6. The van der Waals surface area contributed by atoms with Crippen molar-refractivity contribution in [3.8, 4) is 0 Å². The Balaban J connectivity index is 1.82. The molecule has 98 valence electrons. The number of rotatable bonds is 1. The van der Waals surface area contributed by atoms with Crippen molar-refractivity contribution in [2.75, 3.05) is 31.1 Å². The Kier molecular flexibility index (Phi) is 3.78. The second kappa shape index (κ2) is 5.35. The van der Waals surface area contributed by atoms with Crippen LogP contribution in [0.25, 0.3) is 0 Å². The fourth-order valence-electron chi connectivity index (χ4n) is 3.04. The Morgan fingerprint density at radius 2 is 2.11 bits per heavy atom. The van der Waals surface area contributed by atoms with Crippen LogP contribution in [0.4, 0.5) is 5.82 Å². The second-order valence-electron chi connectivity index (χ2n) is 5.09. The number of hydrogen-bond donors (Lipinski definition) is 0. The van der Waals surface area contributed by atoms with E-state index in [0.29, 0.717) is 6.04 Å². The van der Waals surface area contributed by atoms with Crippen molar-refractivity contribution in [3.63, 3.8) is 0 Å². The number of anilines is 1. The molecule has 2 saturated heterocycles. The van der Waals surface area contributed by atoms with E-state index in [1.807, 2.05) is 12.3 Å². The van der Waals surface area contributed by atoms with E-state index in [4.69, 9.17) is 11.6 Å². The lowest BCUT2D eigenvalue weighted by molar-refractivity contribution is 0.273. The van der Waals surface area contributed by atoms with E-state index in [0.717, 1.165) is 28.4 Å². The molecule has 2 aliphatic rings. The van der Waals surface area contributed by atoms with Crippen LogP contribution in [0.3, 0.4) is 0 Å². The molecule has 3 nitrogen and oxygen atoms in total. The highest BCUT2D eigenvalue weighted by Crippen LogP contribution is 2.29. The number of pyridine rings is 1. The SMILES string of the molecule is Clc1cc(Br)cnc1N1CCCN2CCCC2C1. The molecular weight excluding hydrogens is 314 g/mol. The number of hydrogen-bond acceptors (Lipinski definition) is 3. The molecule has 18 heavy (non-hydrogen) atoms. The lowest BCUT2D eigenvalue weighted by Gasteiger charge is -2.27. The van der Waals surface area contributed by atoms with E-state index >= 15 is 0 Å². The van der Waals surface area contributed by atoms with Gasteiger partial charge in [0.15, 0.2) is 0 Å². The first-order valence-corrected chi connectivity index (χ1v) is 7.71. The lowest BCUT2D eigenvalue weighted by atomic mass is 10.2. The molecule has 1 aromatic heterocycles. The van der Waals surface area contributed by atoms with Gasteiger partial charge in [-0.3, -0.25) is 4.90 Å². The summed E-state index contributed by atoms with van der Waals surface area (Å²) in [5.74, 6) is 0.939. The molecule has 1 atom stereocenters. The molecule has 1 aromatic rings. The van der Waals surface area contributed by atoms with Gasteiger partial charge in [0.1, 0.15) is 5.82 Å². The Morgan fingerprint density at radius 3 is 2.94 bits per heavy atom. The van der Waals surface area contributed by atoms with Crippen molar-refractivity contribution in [1.82, 2.24) is 9.88 Å². The van der Waals surface area contributed by atoms with E-state index in [1.54, 1.807) is 0 Å². The van der Waals surface area contributed by atoms with E-state index < -0.39 is 0 Å². The molecule has 5 heteroatoms. The van der Waals surface area contributed by atoms with E-state index in [2.05, 4.69) is 30.7 Å². The Hall–Kier alpha value is -0.320. The quantitative estimate of drug-likeness (QED) is 0.788. The van der Waals surface area contributed by atoms with Gasteiger partial charge in [-0.15, -0.1) is 0 Å². The van der Waals surface area contributed by atoms with Crippen LogP contribution < -0.4 is 4.90 Å². The normalized spacial score (nSPS) is 25.0. The number of halogens is 2. The predicted molar refractivity (Wildman–Crippen MR) is 78.4 cm³/mol. The Morgan fingerprint density at radius 1 is 1.28 bits per heavy atom. The van der Waals surface area contributed by atoms with Gasteiger partial charge in [-0.2, -0.15) is 0 Å². The van der Waals surface area contributed by atoms with Crippen LogP contribution >= 0.6 is 27.5 Å². The minimum Gasteiger partial charge on any atom is -0.354 e. The largest absolute Gasteiger partial charge is 0.354 e. The van der Waals surface area contributed by atoms with E-state index in [9.17, 15) is 0 Å². The average molecular weight is 331 g/mol. The minimum atomic E-state index is 0.689. The highest BCUT2D eigenvalue weighted by atomic mass is 79.9. The van der Waals surface area contributed by atoms with Gasteiger partial charge in [0.05, 0.1) is 5.02 Å². The Labute approximate surface area is 121 Å². The van der Waals surface area contributed by atoms with Gasteiger partial charge in [0, 0.05) is 36.3 Å². The summed E-state index contributed by atoms with van der Waals surface area (Å²) >= 11 is 9.72. The molecule has 0 radical (unpaired) electrons. The third kappa shape index (κ3) is 2.51. The maximum Gasteiger partial charge on any atom is 0.147 e. The van der Waals surface area contributed by atoms with Gasteiger partial charge in [0.2, 0.25) is 0 Å². The molecule has 0 N–H and O–H groups in total. The van der Waals surface area contributed by atoms with E-state index in [-0.39, 0.29) is 0 Å². The maximum atomic E-state index is 6.31. The van der Waals surface area contributed by atoms with Gasteiger partial charge >= 0.3 is 0 Å². The predicted octanol–water partition coefficient (Wildman–Crippen LogP) is 3.17. The van der Waals surface area contributed by atoms with Crippen molar-refractivity contribution in [1.29, 1.82) is 0 Å². The van der Waals surface area contributed by atoms with Crippen molar-refractivity contribution < 1.29 is 0 Å². The standard InChI is InChI=1S/C13H17BrClN3/c14-10-7-12(15)13(16-8-10)18-6-2-5-17-4-1-3-11(17)9-18/h7-8,11H,1-6,9H2. The van der Waals surface area contributed by atoms with Crippen LogP contribution in [0, 0.1) is 0 Å². The first-order chi connectivity index (χ1) is 8.74. The van der Waals surface area contributed by atoms with Crippen LogP contribution in [-0.2, 0) is 0 Å². The summed E-state index contributed by atoms with van der Waals surface area (Å²) in [5, 5.41) is 0.746. The van der Waals surface area contributed by atoms with Gasteiger partial charge in [-0.1, -0.05) is 11.6 Å². The van der Waals surface area contributed by atoms with Crippen molar-refractivity contribution in [2.24, 2.45) is 0 Å². The fraction of sp³-hybridized carbons (Fsp3) is 0.615. The van der Waals surface area contributed by atoms with Crippen molar-refractivity contribution in [2.45, 2.75) is 25.3 Å². The lowest BCUT2D eigenvalue weighted by Crippen LogP contribution is -2.37. The summed E-state index contributed by atoms with van der Waals surface area (Å²) in [4.78, 5) is 9.46. The maximum absolute atomic E-state index is 6.31. The zero-order chi connectivity index (χ0) is 12.5. The molecule has 3 rings (SSSR count). The van der Waals surface area contributed by atoms with Crippen molar-refractivity contribution in [3.05, 3.63) is 21.8 Å². The Bertz CT molecular complexity index is 440. The molecule has 0 amide bonds. The highest BCUT2D eigenvalue weighted by molar-refractivity contribution is 9.10. The molecule has 2 fully saturated rings. The van der Waals surface area contributed by atoms with Gasteiger partial charge in [-0.25, -0.2) is 4.98 Å². The van der Waals surface area contributed by atoms with Crippen LogP contribution in [0.5, 0.6) is 0 Å². The summed E-state index contributed by atoms with van der Waals surface area (Å²) in [6.07, 6.45) is 5.67. The molecule has 2 aliphatic heterocycles. The van der Waals surface area contributed by atoms with Crippen LogP contribution in [-0.4, -0.2) is 42.1 Å². The number of fused-ring (bicyclic) bond motifs is 1. The van der Waals surface area contributed by atoms with Crippen LogP contribution in [0.15, 0.2) is 16.7 Å². The second-order valence-corrected chi connectivity index (χ2v) is 6.41. The van der Waals surface area contributed by atoms with Crippen LogP contribution in [0.1, 0.15) is 19.3 Å². The topological polar surface area (TPSA) is 19.4 Å². The fourth-order valence-corrected chi connectivity index (χ4v) is 3.79. The smallest absolute Gasteiger partial charge is 0.147 e. The zero-order valence-electron chi connectivity index (χ0n) is 10.3. The molecule has 3 heterocycles. The molecule has 0 aliphatic carbocycles. The van der Waals surface area contributed by atoms with Crippen molar-refractivity contribution >= 4 is 33.3 Å². The van der Waals surface area contributed by atoms with Crippen LogP contribution in [0.2, 0.25) is 5.02 Å². The minimum absolute atomic E-state index is 0.689. The monoisotopic (exact) mass is 329 g/mol. The number of nitrogens with zero attached hydrogens (tertiary/aromatic N) is 3. The highest BCUT2D eigenvalue weighted by Gasteiger charge is 2.29. The average Bonchev–Trinajstić information content (AvgIpc) is 2.67. The third-order valence-corrected chi connectivity index (χ3v) is 4.60. The molecular formula is C13H17BrClN3. The third-order valence-electron chi connectivity index (χ3n) is 3.89.